The highest BCUT2D eigenvalue weighted by molar-refractivity contribution is 5.85. The summed E-state index contributed by atoms with van der Waals surface area (Å²) in [5.74, 6) is -0.988. The fourth-order valence-corrected chi connectivity index (χ4v) is 1.98. The maximum atomic E-state index is 14.6. The van der Waals surface area contributed by atoms with Crippen LogP contribution in [0.25, 0.3) is 6.08 Å². The molecule has 0 amide bonds. The average molecular weight is 250 g/mol. The van der Waals surface area contributed by atoms with E-state index in [9.17, 15) is 9.18 Å². The molecule has 0 heterocycles. The van der Waals surface area contributed by atoms with Crippen LogP contribution >= 0.6 is 0 Å². The third kappa shape index (κ3) is 3.69. The van der Waals surface area contributed by atoms with Gasteiger partial charge in [-0.05, 0) is 30.0 Å². The summed E-state index contributed by atoms with van der Waals surface area (Å²) in [5.41, 5.74) is 0.152. The van der Waals surface area contributed by atoms with Crippen LogP contribution in [0, 0.1) is 0 Å². The Hall–Kier alpha value is -1.64. The molecule has 0 bridgehead atoms. The third-order valence-electron chi connectivity index (χ3n) is 3.05. The van der Waals surface area contributed by atoms with Gasteiger partial charge in [-0.2, -0.15) is 0 Å². The van der Waals surface area contributed by atoms with Crippen molar-refractivity contribution >= 4 is 12.0 Å². The summed E-state index contributed by atoms with van der Waals surface area (Å²) in [4.78, 5) is 10.4. The molecule has 0 saturated carbocycles. The number of halogens is 1. The summed E-state index contributed by atoms with van der Waals surface area (Å²) in [5, 5.41) is 8.52. The molecule has 1 atom stereocenters. The zero-order valence-electron chi connectivity index (χ0n) is 10.8. The minimum Gasteiger partial charge on any atom is -0.478 e. The van der Waals surface area contributed by atoms with Gasteiger partial charge in [0, 0.05) is 6.08 Å². The van der Waals surface area contributed by atoms with E-state index in [0.717, 1.165) is 18.1 Å². The molecule has 0 spiro atoms. The monoisotopic (exact) mass is 250 g/mol. The van der Waals surface area contributed by atoms with Crippen molar-refractivity contribution in [1.82, 2.24) is 0 Å². The van der Waals surface area contributed by atoms with Gasteiger partial charge in [-0.15, -0.1) is 0 Å². The first-order chi connectivity index (χ1) is 8.51. The topological polar surface area (TPSA) is 37.3 Å². The number of hydrogen-bond acceptors (Lipinski definition) is 1. The molecule has 1 aromatic rings. The Bertz CT molecular complexity index is 423. The summed E-state index contributed by atoms with van der Waals surface area (Å²) < 4.78 is 14.6. The number of carbonyl (C=O) groups is 1. The SMILES string of the molecule is CCCC(F)(CC)c1ccc(/C=C/C(=O)O)cc1. The second kappa shape index (κ2) is 6.34. The molecular formula is C15H19FO2. The summed E-state index contributed by atoms with van der Waals surface area (Å²) in [7, 11) is 0. The van der Waals surface area contributed by atoms with E-state index < -0.39 is 11.6 Å². The molecule has 1 unspecified atom stereocenters. The van der Waals surface area contributed by atoms with Crippen molar-refractivity contribution < 1.29 is 14.3 Å². The highest BCUT2D eigenvalue weighted by atomic mass is 19.1. The normalized spacial score (nSPS) is 14.6. The molecule has 0 aliphatic heterocycles. The molecule has 98 valence electrons. The van der Waals surface area contributed by atoms with Crippen LogP contribution in [-0.4, -0.2) is 11.1 Å². The van der Waals surface area contributed by atoms with Gasteiger partial charge in [-0.1, -0.05) is 44.5 Å². The molecule has 2 nitrogen and oxygen atoms in total. The van der Waals surface area contributed by atoms with Gasteiger partial charge in [0.1, 0.15) is 5.67 Å². The molecule has 0 aliphatic rings. The minimum absolute atomic E-state index is 0.450. The predicted octanol–water partition coefficient (Wildman–Crippen LogP) is 4.16. The number of rotatable bonds is 6. The van der Waals surface area contributed by atoms with Crippen LogP contribution in [0.4, 0.5) is 4.39 Å². The Balaban J connectivity index is 2.90. The molecule has 0 aliphatic carbocycles. The van der Waals surface area contributed by atoms with Crippen molar-refractivity contribution in [3.8, 4) is 0 Å². The molecule has 0 aromatic heterocycles. The maximum Gasteiger partial charge on any atom is 0.328 e. The number of benzene rings is 1. The van der Waals surface area contributed by atoms with Crippen molar-refractivity contribution in [3.05, 3.63) is 41.5 Å². The van der Waals surface area contributed by atoms with Crippen molar-refractivity contribution in [2.75, 3.05) is 0 Å². The molecule has 3 heteroatoms. The van der Waals surface area contributed by atoms with E-state index in [-0.39, 0.29) is 0 Å². The van der Waals surface area contributed by atoms with Crippen LogP contribution in [0.15, 0.2) is 30.3 Å². The van der Waals surface area contributed by atoms with Gasteiger partial charge in [0.05, 0.1) is 0 Å². The van der Waals surface area contributed by atoms with E-state index in [2.05, 4.69) is 0 Å². The van der Waals surface area contributed by atoms with E-state index in [1.165, 1.54) is 6.08 Å². The molecular weight excluding hydrogens is 231 g/mol. The predicted molar refractivity (Wildman–Crippen MR) is 71.1 cm³/mol. The Labute approximate surface area is 107 Å². The van der Waals surface area contributed by atoms with E-state index in [1.807, 2.05) is 13.8 Å². The number of carboxylic acid groups (broad SMARTS) is 1. The van der Waals surface area contributed by atoms with Crippen LogP contribution in [0.1, 0.15) is 44.2 Å². The van der Waals surface area contributed by atoms with Gasteiger partial charge in [-0.25, -0.2) is 9.18 Å². The van der Waals surface area contributed by atoms with E-state index in [4.69, 9.17) is 5.11 Å². The summed E-state index contributed by atoms with van der Waals surface area (Å²) >= 11 is 0. The van der Waals surface area contributed by atoms with Crippen molar-refractivity contribution in [1.29, 1.82) is 0 Å². The van der Waals surface area contributed by atoms with Crippen LogP contribution < -0.4 is 0 Å². The highest BCUT2D eigenvalue weighted by Gasteiger charge is 2.28. The van der Waals surface area contributed by atoms with Gasteiger partial charge < -0.3 is 5.11 Å². The summed E-state index contributed by atoms with van der Waals surface area (Å²) in [6.07, 6.45) is 4.32. The van der Waals surface area contributed by atoms with Crippen molar-refractivity contribution in [3.63, 3.8) is 0 Å². The molecule has 0 saturated heterocycles. The Kier molecular flexibility index (Phi) is 5.08. The fraction of sp³-hybridized carbons (Fsp3) is 0.400. The quantitative estimate of drug-likeness (QED) is 0.770. The second-order valence-corrected chi connectivity index (χ2v) is 4.36. The first-order valence-corrected chi connectivity index (χ1v) is 6.22. The van der Waals surface area contributed by atoms with Crippen LogP contribution in [-0.2, 0) is 10.5 Å². The Morgan fingerprint density at radius 2 is 1.94 bits per heavy atom. The van der Waals surface area contributed by atoms with Gasteiger partial charge in [0.25, 0.3) is 0 Å². The third-order valence-corrected chi connectivity index (χ3v) is 3.05. The smallest absolute Gasteiger partial charge is 0.328 e. The zero-order valence-corrected chi connectivity index (χ0v) is 10.8. The minimum atomic E-state index is -1.27. The largest absolute Gasteiger partial charge is 0.478 e. The Morgan fingerprint density at radius 1 is 1.33 bits per heavy atom. The van der Waals surface area contributed by atoms with Crippen LogP contribution in [0.2, 0.25) is 0 Å². The molecule has 1 N–H and O–H groups in total. The van der Waals surface area contributed by atoms with Gasteiger partial charge >= 0.3 is 5.97 Å². The van der Waals surface area contributed by atoms with Gasteiger partial charge in [0.2, 0.25) is 0 Å². The molecule has 18 heavy (non-hydrogen) atoms. The van der Waals surface area contributed by atoms with Crippen molar-refractivity contribution in [2.24, 2.45) is 0 Å². The maximum absolute atomic E-state index is 14.6. The first-order valence-electron chi connectivity index (χ1n) is 6.22. The Morgan fingerprint density at radius 3 is 2.39 bits per heavy atom. The van der Waals surface area contributed by atoms with Crippen LogP contribution in [0.5, 0.6) is 0 Å². The number of aliphatic carboxylic acids is 1. The molecule has 1 rings (SSSR count). The summed E-state index contributed by atoms with van der Waals surface area (Å²) in [6.45, 7) is 3.81. The van der Waals surface area contributed by atoms with Crippen molar-refractivity contribution in [2.45, 2.75) is 38.8 Å². The van der Waals surface area contributed by atoms with E-state index in [0.29, 0.717) is 18.4 Å². The molecule has 1 aromatic carbocycles. The first kappa shape index (κ1) is 14.4. The van der Waals surface area contributed by atoms with E-state index >= 15 is 0 Å². The number of alkyl halides is 1. The van der Waals surface area contributed by atoms with E-state index in [1.54, 1.807) is 24.3 Å². The lowest BCUT2D eigenvalue weighted by Gasteiger charge is -2.24. The molecule has 0 fully saturated rings. The van der Waals surface area contributed by atoms with Crippen LogP contribution in [0.3, 0.4) is 0 Å². The lowest BCUT2D eigenvalue weighted by molar-refractivity contribution is -0.131. The average Bonchev–Trinajstić information content (AvgIpc) is 2.37. The fourth-order valence-electron chi connectivity index (χ4n) is 1.98. The molecule has 0 radical (unpaired) electrons. The standard InChI is InChI=1S/C15H19FO2/c1-3-11-15(16,4-2)13-8-5-12(6-9-13)7-10-14(17)18/h5-10H,3-4,11H2,1-2H3,(H,17,18)/b10-7+. The highest BCUT2D eigenvalue weighted by Crippen LogP contribution is 2.34. The van der Waals surface area contributed by atoms with Gasteiger partial charge in [0.15, 0.2) is 0 Å². The lowest BCUT2D eigenvalue weighted by atomic mass is 9.88. The van der Waals surface area contributed by atoms with Gasteiger partial charge in [-0.3, -0.25) is 0 Å². The number of hydrogen-bond donors (Lipinski definition) is 1. The number of carboxylic acids is 1. The lowest BCUT2D eigenvalue weighted by Crippen LogP contribution is -2.18. The second-order valence-electron chi connectivity index (χ2n) is 4.36. The summed E-state index contributed by atoms with van der Waals surface area (Å²) in [6, 6.07) is 6.96. The zero-order chi connectivity index (χ0) is 13.6.